The Morgan fingerprint density at radius 2 is 1.84 bits per heavy atom. The molecule has 1 N–H and O–H groups in total. The van der Waals surface area contributed by atoms with Crippen molar-refractivity contribution in [1.82, 2.24) is 14.5 Å². The third-order valence-electron chi connectivity index (χ3n) is 6.95. The molecule has 2 saturated heterocycles. The van der Waals surface area contributed by atoms with Gasteiger partial charge in [-0.2, -0.15) is 4.31 Å². The van der Waals surface area contributed by atoms with Crippen LogP contribution in [0.4, 0.5) is 4.79 Å². The van der Waals surface area contributed by atoms with Crippen LogP contribution in [0.15, 0.2) is 24.3 Å². The van der Waals surface area contributed by atoms with Crippen LogP contribution < -0.4 is 5.32 Å². The minimum absolute atomic E-state index is 0.0214. The van der Waals surface area contributed by atoms with Crippen molar-refractivity contribution in [3.63, 3.8) is 0 Å². The summed E-state index contributed by atoms with van der Waals surface area (Å²) in [6.07, 6.45) is 4.95. The van der Waals surface area contributed by atoms with Crippen LogP contribution in [0.3, 0.4) is 0 Å². The normalized spacial score (nSPS) is 23.8. The zero-order valence-corrected chi connectivity index (χ0v) is 19.5. The molecule has 1 atom stereocenters. The van der Waals surface area contributed by atoms with E-state index in [9.17, 15) is 13.2 Å². The van der Waals surface area contributed by atoms with E-state index < -0.39 is 10.0 Å². The van der Waals surface area contributed by atoms with Gasteiger partial charge >= 0.3 is 6.03 Å². The molecule has 0 bridgehead atoms. The van der Waals surface area contributed by atoms with E-state index in [0.717, 1.165) is 44.1 Å². The molecule has 2 heterocycles. The van der Waals surface area contributed by atoms with Gasteiger partial charge in [0, 0.05) is 38.3 Å². The van der Waals surface area contributed by atoms with Crippen LogP contribution in [0.25, 0.3) is 0 Å². The van der Waals surface area contributed by atoms with Crippen molar-refractivity contribution in [3.05, 3.63) is 35.4 Å². The first-order valence-electron chi connectivity index (χ1n) is 11.6. The summed E-state index contributed by atoms with van der Waals surface area (Å²) in [7, 11) is -3.21. The molecular formula is C23H35N3O4S. The van der Waals surface area contributed by atoms with Gasteiger partial charge in [-0.1, -0.05) is 29.8 Å². The molecule has 0 radical (unpaired) electrons. The number of nitrogens with zero attached hydrogens (tertiary/aromatic N) is 2. The average Bonchev–Trinajstić information content (AvgIpc) is 3.58. The van der Waals surface area contributed by atoms with Gasteiger partial charge in [-0.05, 0) is 57.9 Å². The van der Waals surface area contributed by atoms with Crippen LogP contribution in [0.1, 0.15) is 56.6 Å². The maximum absolute atomic E-state index is 12.7. The molecule has 1 aromatic carbocycles. The lowest BCUT2D eigenvalue weighted by Crippen LogP contribution is -2.56. The molecule has 3 fully saturated rings. The fourth-order valence-corrected chi connectivity index (χ4v) is 6.51. The number of hydrogen-bond acceptors (Lipinski definition) is 4. The number of benzene rings is 1. The number of aryl methyl sites for hydroxylation is 1. The molecule has 1 aliphatic carbocycles. The van der Waals surface area contributed by atoms with Gasteiger partial charge in [0.1, 0.15) is 0 Å². The molecule has 8 heteroatoms. The molecule has 7 nitrogen and oxygen atoms in total. The lowest BCUT2D eigenvalue weighted by atomic mass is 9.82. The molecule has 2 amide bonds. The zero-order valence-electron chi connectivity index (χ0n) is 18.7. The molecule has 1 unspecified atom stereocenters. The Morgan fingerprint density at radius 1 is 1.16 bits per heavy atom. The SMILES string of the molecule is CCS(=O)(=O)N(C1CC1)C1CCOC2(CCN(C(=O)NCc3ccc(C)cc3)CC2)C1. The van der Waals surface area contributed by atoms with E-state index in [-0.39, 0.29) is 29.5 Å². The molecule has 0 aromatic heterocycles. The second-order valence-corrected chi connectivity index (χ2v) is 11.4. The van der Waals surface area contributed by atoms with Gasteiger partial charge in [0.15, 0.2) is 0 Å². The third kappa shape index (κ3) is 5.23. The first-order chi connectivity index (χ1) is 14.8. The van der Waals surface area contributed by atoms with Crippen molar-refractivity contribution in [1.29, 1.82) is 0 Å². The Hall–Kier alpha value is -1.64. The van der Waals surface area contributed by atoms with Crippen molar-refractivity contribution in [3.8, 4) is 0 Å². The maximum atomic E-state index is 12.7. The standard InChI is InChI=1S/C23H35N3O4S/c1-3-31(28,29)26(20-8-9-20)21-10-15-30-23(16-21)11-13-25(14-12-23)22(27)24-17-19-6-4-18(2)5-7-19/h4-7,20-21H,3,8-17H2,1-2H3,(H,24,27). The van der Waals surface area contributed by atoms with Gasteiger partial charge in [0.05, 0.1) is 11.4 Å². The first kappa shape index (κ1) is 22.6. The summed E-state index contributed by atoms with van der Waals surface area (Å²) in [5, 5.41) is 3.02. The molecule has 1 spiro atoms. The van der Waals surface area contributed by atoms with Crippen LogP contribution in [-0.4, -0.2) is 66.8 Å². The number of carbonyl (C=O) groups excluding carboxylic acids is 1. The topological polar surface area (TPSA) is 79.0 Å². The molecule has 172 valence electrons. The smallest absolute Gasteiger partial charge is 0.317 e. The van der Waals surface area contributed by atoms with Gasteiger partial charge < -0.3 is 15.0 Å². The highest BCUT2D eigenvalue weighted by Crippen LogP contribution is 2.41. The summed E-state index contributed by atoms with van der Waals surface area (Å²) < 4.78 is 33.5. The highest BCUT2D eigenvalue weighted by atomic mass is 32.2. The highest BCUT2D eigenvalue weighted by Gasteiger charge is 2.48. The number of amides is 2. The number of urea groups is 1. The minimum atomic E-state index is -3.21. The van der Waals surface area contributed by atoms with E-state index in [4.69, 9.17) is 4.74 Å². The Bertz CT molecular complexity index is 875. The van der Waals surface area contributed by atoms with Gasteiger partial charge in [-0.3, -0.25) is 0 Å². The number of piperidine rings is 1. The number of ether oxygens (including phenoxy) is 1. The summed E-state index contributed by atoms with van der Waals surface area (Å²) in [5.41, 5.74) is 1.98. The summed E-state index contributed by atoms with van der Waals surface area (Å²) in [4.78, 5) is 14.5. The van der Waals surface area contributed by atoms with Crippen LogP contribution in [-0.2, 0) is 21.3 Å². The quantitative estimate of drug-likeness (QED) is 0.724. The highest BCUT2D eigenvalue weighted by molar-refractivity contribution is 7.89. The van der Waals surface area contributed by atoms with Crippen LogP contribution in [0, 0.1) is 6.92 Å². The second-order valence-electron chi connectivity index (χ2n) is 9.27. The second kappa shape index (κ2) is 9.08. The molecule has 31 heavy (non-hydrogen) atoms. The van der Waals surface area contributed by atoms with Crippen molar-refractivity contribution in [2.24, 2.45) is 0 Å². The number of likely N-dealkylation sites (tertiary alicyclic amines) is 1. The van der Waals surface area contributed by atoms with Crippen molar-refractivity contribution < 1.29 is 17.9 Å². The van der Waals surface area contributed by atoms with Gasteiger partial charge in [0.2, 0.25) is 10.0 Å². The maximum Gasteiger partial charge on any atom is 0.317 e. The van der Waals surface area contributed by atoms with Gasteiger partial charge in [0.25, 0.3) is 0 Å². The fraction of sp³-hybridized carbons (Fsp3) is 0.696. The average molecular weight is 450 g/mol. The summed E-state index contributed by atoms with van der Waals surface area (Å²) >= 11 is 0. The van der Waals surface area contributed by atoms with Crippen molar-refractivity contribution >= 4 is 16.1 Å². The monoisotopic (exact) mass is 449 g/mol. The number of carbonyl (C=O) groups is 1. The van der Waals surface area contributed by atoms with Crippen molar-refractivity contribution in [2.45, 2.75) is 76.6 Å². The minimum Gasteiger partial charge on any atom is -0.375 e. The molecular weight excluding hydrogens is 414 g/mol. The first-order valence-corrected chi connectivity index (χ1v) is 13.2. The predicted molar refractivity (Wildman–Crippen MR) is 120 cm³/mol. The van der Waals surface area contributed by atoms with Gasteiger partial charge in [-0.15, -0.1) is 0 Å². The van der Waals surface area contributed by atoms with Gasteiger partial charge in [-0.25, -0.2) is 13.2 Å². The Kier molecular flexibility index (Phi) is 6.60. The Morgan fingerprint density at radius 3 is 2.45 bits per heavy atom. The number of nitrogens with one attached hydrogen (secondary N) is 1. The summed E-state index contributed by atoms with van der Waals surface area (Å²) in [5.74, 6) is 0.156. The molecule has 4 rings (SSSR count). The third-order valence-corrected chi connectivity index (χ3v) is 8.91. The zero-order chi connectivity index (χ0) is 22.1. The van der Waals surface area contributed by atoms with E-state index in [1.165, 1.54) is 5.56 Å². The molecule has 3 aliphatic rings. The number of hydrogen-bond donors (Lipinski definition) is 1. The molecule has 1 aromatic rings. The van der Waals surface area contributed by atoms with E-state index in [1.54, 1.807) is 11.2 Å². The summed E-state index contributed by atoms with van der Waals surface area (Å²) in [6, 6.07) is 8.32. The lowest BCUT2D eigenvalue weighted by molar-refractivity contribution is -0.122. The Balaban J connectivity index is 1.32. The summed E-state index contributed by atoms with van der Waals surface area (Å²) in [6.45, 7) is 6.16. The van der Waals surface area contributed by atoms with E-state index >= 15 is 0 Å². The van der Waals surface area contributed by atoms with E-state index in [2.05, 4.69) is 5.32 Å². The number of sulfonamides is 1. The predicted octanol–water partition coefficient (Wildman–Crippen LogP) is 3.03. The molecule has 2 aliphatic heterocycles. The van der Waals surface area contributed by atoms with Crippen LogP contribution >= 0.6 is 0 Å². The largest absolute Gasteiger partial charge is 0.375 e. The van der Waals surface area contributed by atoms with Crippen LogP contribution in [0.2, 0.25) is 0 Å². The fourth-order valence-electron chi connectivity index (χ4n) is 4.91. The van der Waals surface area contributed by atoms with Crippen molar-refractivity contribution in [2.75, 3.05) is 25.4 Å². The van der Waals surface area contributed by atoms with E-state index in [0.29, 0.717) is 26.2 Å². The lowest BCUT2D eigenvalue weighted by Gasteiger charge is -2.48. The molecule has 1 saturated carbocycles. The van der Waals surface area contributed by atoms with E-state index in [1.807, 2.05) is 36.1 Å². The Labute approximate surface area is 186 Å². The van der Waals surface area contributed by atoms with Crippen LogP contribution in [0.5, 0.6) is 0 Å². The number of rotatable bonds is 6.